The normalized spacial score (nSPS) is 17.1. The molecule has 6 nitrogen and oxygen atoms in total. The molecule has 1 aromatic heterocycles. The molecule has 0 spiro atoms. The van der Waals surface area contributed by atoms with Crippen LogP contribution >= 0.6 is 0 Å². The molecule has 1 fully saturated rings. The predicted octanol–water partition coefficient (Wildman–Crippen LogP) is 2.44. The Balaban J connectivity index is 1.86. The summed E-state index contributed by atoms with van der Waals surface area (Å²) in [6.07, 6.45) is 4.14. The van der Waals surface area contributed by atoms with E-state index in [9.17, 15) is 10.1 Å². The van der Waals surface area contributed by atoms with Crippen molar-refractivity contribution in [3.8, 4) is 0 Å². The van der Waals surface area contributed by atoms with Crippen LogP contribution in [0.5, 0.6) is 0 Å². The van der Waals surface area contributed by atoms with Gasteiger partial charge in [0, 0.05) is 24.8 Å². The maximum Gasteiger partial charge on any atom is 0.277 e. The summed E-state index contributed by atoms with van der Waals surface area (Å²) in [6, 6.07) is 1.51. The maximum absolute atomic E-state index is 10.9. The van der Waals surface area contributed by atoms with E-state index in [1.807, 2.05) is 0 Å². The third-order valence-corrected chi connectivity index (χ3v) is 3.67. The Morgan fingerprint density at radius 2 is 2.20 bits per heavy atom. The molecule has 6 heteroatoms. The Morgan fingerprint density at radius 1 is 1.50 bits per heavy atom. The van der Waals surface area contributed by atoms with E-state index in [1.54, 1.807) is 13.1 Å². The van der Waals surface area contributed by atoms with Gasteiger partial charge >= 0.3 is 0 Å². The highest BCUT2D eigenvalue weighted by molar-refractivity contribution is 5.48. The quantitative estimate of drug-likeness (QED) is 0.639. The van der Waals surface area contributed by atoms with Crippen LogP contribution in [0.25, 0.3) is 0 Å². The van der Waals surface area contributed by atoms with E-state index in [2.05, 4.69) is 22.1 Å². The lowest BCUT2D eigenvalue weighted by Crippen LogP contribution is -2.29. The highest BCUT2D eigenvalue weighted by Gasteiger charge is 2.15. The van der Waals surface area contributed by atoms with Crippen LogP contribution in [0.3, 0.4) is 0 Å². The lowest BCUT2D eigenvalue weighted by atomic mass is 10.1. The maximum atomic E-state index is 10.9. The second kappa shape index (κ2) is 6.65. The number of hydrogen-bond acceptors (Lipinski definition) is 5. The number of nitro groups is 1. The minimum atomic E-state index is -0.365. The first-order valence-corrected chi connectivity index (χ1v) is 7.13. The third kappa shape index (κ3) is 3.90. The van der Waals surface area contributed by atoms with Gasteiger partial charge in [0.1, 0.15) is 5.82 Å². The highest BCUT2D eigenvalue weighted by atomic mass is 16.6. The second-order valence-corrected chi connectivity index (χ2v) is 5.61. The van der Waals surface area contributed by atoms with E-state index in [0.717, 1.165) is 13.1 Å². The smallest absolute Gasteiger partial charge is 0.277 e. The summed E-state index contributed by atoms with van der Waals surface area (Å²) < 4.78 is 0. The average Bonchev–Trinajstić information content (AvgIpc) is 2.90. The van der Waals surface area contributed by atoms with E-state index in [1.165, 1.54) is 32.0 Å². The molecular formula is C14H22N4O2. The summed E-state index contributed by atoms with van der Waals surface area (Å²) in [5.41, 5.74) is 0.709. The summed E-state index contributed by atoms with van der Waals surface area (Å²) in [5, 5.41) is 14.1. The first-order chi connectivity index (χ1) is 9.56. The average molecular weight is 278 g/mol. The van der Waals surface area contributed by atoms with Gasteiger partial charge in [-0.3, -0.25) is 10.1 Å². The topological polar surface area (TPSA) is 71.3 Å². The molecule has 1 aliphatic rings. The molecule has 0 radical (unpaired) electrons. The zero-order chi connectivity index (χ0) is 14.5. The zero-order valence-electron chi connectivity index (χ0n) is 12.1. The molecule has 1 N–H and O–H groups in total. The van der Waals surface area contributed by atoms with Gasteiger partial charge in [-0.15, -0.1) is 0 Å². The van der Waals surface area contributed by atoms with Crippen molar-refractivity contribution in [1.29, 1.82) is 0 Å². The number of pyridine rings is 1. The molecule has 20 heavy (non-hydrogen) atoms. The lowest BCUT2D eigenvalue weighted by Gasteiger charge is -2.20. The fourth-order valence-corrected chi connectivity index (χ4v) is 2.56. The first kappa shape index (κ1) is 14.7. The van der Waals surface area contributed by atoms with Gasteiger partial charge in [-0.05, 0) is 38.8 Å². The van der Waals surface area contributed by atoms with Gasteiger partial charge in [0.2, 0.25) is 0 Å². The lowest BCUT2D eigenvalue weighted by molar-refractivity contribution is -0.385. The number of aryl methyl sites for hydroxylation is 1. The van der Waals surface area contributed by atoms with Gasteiger partial charge < -0.3 is 10.2 Å². The highest BCUT2D eigenvalue weighted by Crippen LogP contribution is 2.20. The molecule has 0 bridgehead atoms. The number of nitrogens with one attached hydrogen (secondary N) is 1. The first-order valence-electron chi connectivity index (χ1n) is 7.13. The predicted molar refractivity (Wildman–Crippen MR) is 79.0 cm³/mol. The molecule has 1 unspecified atom stereocenters. The van der Waals surface area contributed by atoms with Gasteiger partial charge in [0.05, 0.1) is 11.0 Å². The van der Waals surface area contributed by atoms with Gasteiger partial charge in [-0.2, -0.15) is 0 Å². The SMILES string of the molecule is Cc1cnc(NCC(C)CN2CCCC2)cc1[N+](=O)[O-]. The van der Waals surface area contributed by atoms with Crippen LogP contribution in [0.4, 0.5) is 11.5 Å². The van der Waals surface area contributed by atoms with Crippen LogP contribution < -0.4 is 5.32 Å². The molecule has 2 heterocycles. The van der Waals surface area contributed by atoms with Crippen LogP contribution in [0.15, 0.2) is 12.3 Å². The molecule has 1 atom stereocenters. The van der Waals surface area contributed by atoms with Gasteiger partial charge in [-0.1, -0.05) is 6.92 Å². The molecule has 0 aromatic carbocycles. The van der Waals surface area contributed by atoms with Crippen LogP contribution in [0.2, 0.25) is 0 Å². The summed E-state index contributed by atoms with van der Waals surface area (Å²) in [7, 11) is 0. The van der Waals surface area contributed by atoms with E-state index >= 15 is 0 Å². The summed E-state index contributed by atoms with van der Waals surface area (Å²) >= 11 is 0. The van der Waals surface area contributed by atoms with Crippen molar-refractivity contribution in [1.82, 2.24) is 9.88 Å². The number of nitrogens with zero attached hydrogens (tertiary/aromatic N) is 3. The molecular weight excluding hydrogens is 256 g/mol. The number of hydrogen-bond donors (Lipinski definition) is 1. The van der Waals surface area contributed by atoms with Crippen LogP contribution in [0, 0.1) is 23.0 Å². The number of rotatable bonds is 6. The summed E-state index contributed by atoms with van der Waals surface area (Å²) in [4.78, 5) is 17.2. The Labute approximate surface area is 119 Å². The van der Waals surface area contributed by atoms with Crippen LogP contribution in [-0.4, -0.2) is 41.0 Å². The Hall–Kier alpha value is -1.69. The van der Waals surface area contributed by atoms with Gasteiger partial charge in [0.15, 0.2) is 0 Å². The molecule has 1 saturated heterocycles. The van der Waals surface area contributed by atoms with E-state index < -0.39 is 0 Å². The van der Waals surface area contributed by atoms with Crippen LogP contribution in [0.1, 0.15) is 25.3 Å². The van der Waals surface area contributed by atoms with Crippen LogP contribution in [-0.2, 0) is 0 Å². The van der Waals surface area contributed by atoms with Crippen molar-refractivity contribution in [3.63, 3.8) is 0 Å². The van der Waals surface area contributed by atoms with E-state index in [0.29, 0.717) is 17.3 Å². The van der Waals surface area contributed by atoms with Crippen molar-refractivity contribution in [2.45, 2.75) is 26.7 Å². The van der Waals surface area contributed by atoms with Crippen molar-refractivity contribution in [2.75, 3.05) is 31.5 Å². The van der Waals surface area contributed by atoms with Crippen molar-refractivity contribution in [2.24, 2.45) is 5.92 Å². The van der Waals surface area contributed by atoms with E-state index in [-0.39, 0.29) is 10.6 Å². The monoisotopic (exact) mass is 278 g/mol. The minimum Gasteiger partial charge on any atom is -0.370 e. The van der Waals surface area contributed by atoms with Crippen molar-refractivity contribution >= 4 is 11.5 Å². The largest absolute Gasteiger partial charge is 0.370 e. The third-order valence-electron chi connectivity index (χ3n) is 3.67. The zero-order valence-corrected chi connectivity index (χ0v) is 12.1. The Bertz CT molecular complexity index is 472. The minimum absolute atomic E-state index is 0.120. The standard InChI is InChI=1S/C14H22N4O2/c1-11(10-17-5-3-4-6-17)8-15-14-7-13(18(19)20)12(2)9-16-14/h7,9,11H,3-6,8,10H2,1-2H3,(H,15,16). The van der Waals surface area contributed by atoms with Gasteiger partial charge in [-0.25, -0.2) is 4.98 Å². The molecule has 0 amide bonds. The van der Waals surface area contributed by atoms with Gasteiger partial charge in [0.25, 0.3) is 5.69 Å². The molecule has 2 rings (SSSR count). The second-order valence-electron chi connectivity index (χ2n) is 5.61. The van der Waals surface area contributed by atoms with E-state index in [4.69, 9.17) is 0 Å². The molecule has 1 aromatic rings. The summed E-state index contributed by atoms with van der Waals surface area (Å²) in [5.74, 6) is 1.07. The molecule has 0 saturated carbocycles. The van der Waals surface area contributed by atoms with Crippen molar-refractivity contribution < 1.29 is 4.92 Å². The number of likely N-dealkylation sites (tertiary alicyclic amines) is 1. The molecule has 0 aliphatic carbocycles. The Morgan fingerprint density at radius 3 is 2.85 bits per heavy atom. The number of anilines is 1. The molecule has 1 aliphatic heterocycles. The summed E-state index contributed by atoms with van der Waals surface area (Å²) in [6.45, 7) is 8.13. The fourth-order valence-electron chi connectivity index (χ4n) is 2.56. The Kier molecular flexibility index (Phi) is 4.89. The van der Waals surface area contributed by atoms with Crippen molar-refractivity contribution in [3.05, 3.63) is 27.9 Å². The number of aromatic nitrogens is 1. The molecule has 110 valence electrons. The fraction of sp³-hybridized carbons (Fsp3) is 0.643.